The van der Waals surface area contributed by atoms with Gasteiger partial charge in [-0.25, -0.2) is 0 Å². The van der Waals surface area contributed by atoms with E-state index in [0.717, 1.165) is 19.6 Å². The molecule has 148 valence electrons. The minimum Gasteiger partial charge on any atom is -0.396 e. The fourth-order valence-corrected chi connectivity index (χ4v) is 4.65. The second kappa shape index (κ2) is 8.08. The van der Waals surface area contributed by atoms with Crippen LogP contribution in [-0.2, 0) is 19.5 Å². The van der Waals surface area contributed by atoms with Gasteiger partial charge in [-0.3, -0.25) is 4.90 Å². The first kappa shape index (κ1) is 19.2. The number of aliphatic hydroxyl groups is 2. The Kier molecular flexibility index (Phi) is 5.54. The van der Waals surface area contributed by atoms with E-state index < -0.39 is 11.5 Å². The van der Waals surface area contributed by atoms with Gasteiger partial charge in [-0.15, -0.1) is 0 Å². The third kappa shape index (κ3) is 3.72. The molecule has 1 aliphatic rings. The van der Waals surface area contributed by atoms with Crippen LogP contribution in [0.2, 0.25) is 0 Å². The van der Waals surface area contributed by atoms with Gasteiger partial charge in [0.15, 0.2) is 0 Å². The van der Waals surface area contributed by atoms with Crippen molar-refractivity contribution in [3.05, 3.63) is 71.9 Å². The fourth-order valence-electron chi connectivity index (χ4n) is 4.65. The molecule has 0 aliphatic carbocycles. The molecule has 4 rings (SSSR count). The normalized spacial score (nSPS) is 23.3. The molecule has 2 aromatic carbocycles. The maximum Gasteiger partial charge on any atom is 0.0646 e. The van der Waals surface area contributed by atoms with Crippen LogP contribution < -0.4 is 0 Å². The van der Waals surface area contributed by atoms with Crippen molar-refractivity contribution in [2.24, 2.45) is 5.41 Å². The van der Waals surface area contributed by atoms with Crippen molar-refractivity contribution < 1.29 is 10.2 Å². The van der Waals surface area contributed by atoms with Gasteiger partial charge < -0.3 is 14.8 Å². The summed E-state index contributed by atoms with van der Waals surface area (Å²) in [7, 11) is 0. The van der Waals surface area contributed by atoms with Crippen LogP contribution in [0.25, 0.3) is 10.9 Å². The maximum atomic E-state index is 10.7. The Hall–Kier alpha value is -2.14. The summed E-state index contributed by atoms with van der Waals surface area (Å²) in [5, 5.41) is 22.3. The standard InChI is InChI=1S/C24H30N2O2/c1-2-26-13-10-21-14-20(8-9-22(21)26)16-25-12-11-23(28)24(17-25,18-27)15-19-6-4-3-5-7-19/h3-10,13-14,23,27-28H,2,11-12,15-18H2,1H3/t23-,24+/m0/s1. The lowest BCUT2D eigenvalue weighted by Crippen LogP contribution is -2.54. The van der Waals surface area contributed by atoms with Gasteiger partial charge in [0, 0.05) is 43.3 Å². The Balaban J connectivity index is 1.52. The second-order valence-corrected chi connectivity index (χ2v) is 8.19. The third-order valence-corrected chi connectivity index (χ3v) is 6.26. The Morgan fingerprint density at radius 3 is 2.64 bits per heavy atom. The minimum atomic E-state index is -0.505. The third-order valence-electron chi connectivity index (χ3n) is 6.26. The average Bonchev–Trinajstić information content (AvgIpc) is 3.13. The molecule has 4 nitrogen and oxygen atoms in total. The lowest BCUT2D eigenvalue weighted by Gasteiger charge is -2.45. The van der Waals surface area contributed by atoms with Crippen LogP contribution in [0.15, 0.2) is 60.8 Å². The molecule has 3 aromatic rings. The van der Waals surface area contributed by atoms with Crippen LogP contribution >= 0.6 is 0 Å². The van der Waals surface area contributed by atoms with Crippen LogP contribution in [0, 0.1) is 5.41 Å². The zero-order valence-corrected chi connectivity index (χ0v) is 16.6. The molecule has 2 atom stereocenters. The SMILES string of the molecule is CCn1ccc2cc(CN3CC[C@H](O)[C@](CO)(Cc4ccccc4)C3)ccc21. The highest BCUT2D eigenvalue weighted by molar-refractivity contribution is 5.80. The highest BCUT2D eigenvalue weighted by atomic mass is 16.3. The summed E-state index contributed by atoms with van der Waals surface area (Å²) < 4.78 is 2.26. The molecular formula is C24H30N2O2. The van der Waals surface area contributed by atoms with Crippen molar-refractivity contribution in [2.75, 3.05) is 19.7 Å². The molecule has 4 heteroatoms. The first-order valence-corrected chi connectivity index (χ1v) is 10.3. The number of aliphatic hydroxyl groups excluding tert-OH is 2. The summed E-state index contributed by atoms with van der Waals surface area (Å²) in [5.74, 6) is 0. The predicted molar refractivity (Wildman–Crippen MR) is 113 cm³/mol. The number of nitrogens with zero attached hydrogens (tertiary/aromatic N) is 2. The van der Waals surface area contributed by atoms with Crippen LogP contribution in [0.5, 0.6) is 0 Å². The van der Waals surface area contributed by atoms with E-state index >= 15 is 0 Å². The molecule has 1 aromatic heterocycles. The van der Waals surface area contributed by atoms with E-state index in [1.807, 2.05) is 18.2 Å². The summed E-state index contributed by atoms with van der Waals surface area (Å²) in [4.78, 5) is 2.38. The number of hydrogen-bond acceptors (Lipinski definition) is 3. The van der Waals surface area contributed by atoms with Gasteiger partial charge in [-0.2, -0.15) is 0 Å². The molecule has 0 amide bonds. The Morgan fingerprint density at radius 1 is 1.07 bits per heavy atom. The largest absolute Gasteiger partial charge is 0.396 e. The molecule has 1 fully saturated rings. The summed E-state index contributed by atoms with van der Waals surface area (Å²) in [6.07, 6.45) is 3.06. The minimum absolute atomic E-state index is 0.00204. The molecule has 1 saturated heterocycles. The molecule has 0 radical (unpaired) electrons. The average molecular weight is 379 g/mol. The Bertz CT molecular complexity index is 921. The first-order chi connectivity index (χ1) is 13.6. The van der Waals surface area contributed by atoms with Crippen molar-refractivity contribution in [1.82, 2.24) is 9.47 Å². The van der Waals surface area contributed by atoms with E-state index in [-0.39, 0.29) is 6.61 Å². The van der Waals surface area contributed by atoms with Crippen molar-refractivity contribution in [3.8, 4) is 0 Å². The molecular weight excluding hydrogens is 348 g/mol. The quantitative estimate of drug-likeness (QED) is 0.691. The molecule has 1 aliphatic heterocycles. The number of fused-ring (bicyclic) bond motifs is 1. The fraction of sp³-hybridized carbons (Fsp3) is 0.417. The van der Waals surface area contributed by atoms with E-state index in [1.165, 1.54) is 22.0 Å². The highest BCUT2D eigenvalue weighted by Gasteiger charge is 2.42. The number of piperidine rings is 1. The summed E-state index contributed by atoms with van der Waals surface area (Å²) in [5.41, 5.74) is 3.22. The summed E-state index contributed by atoms with van der Waals surface area (Å²) in [6.45, 7) is 5.53. The first-order valence-electron chi connectivity index (χ1n) is 10.3. The van der Waals surface area contributed by atoms with Gasteiger partial charge in [0.1, 0.15) is 0 Å². The van der Waals surface area contributed by atoms with E-state index in [0.29, 0.717) is 19.4 Å². The van der Waals surface area contributed by atoms with E-state index in [4.69, 9.17) is 0 Å². The lowest BCUT2D eigenvalue weighted by molar-refractivity contribution is -0.0768. The van der Waals surface area contributed by atoms with Crippen molar-refractivity contribution in [3.63, 3.8) is 0 Å². The molecule has 0 saturated carbocycles. The topological polar surface area (TPSA) is 48.6 Å². The monoisotopic (exact) mass is 378 g/mol. The zero-order chi connectivity index (χ0) is 19.6. The van der Waals surface area contributed by atoms with Crippen molar-refractivity contribution in [1.29, 1.82) is 0 Å². The van der Waals surface area contributed by atoms with Gasteiger partial charge >= 0.3 is 0 Å². The molecule has 0 unspecified atom stereocenters. The van der Waals surface area contributed by atoms with Crippen LogP contribution in [0.4, 0.5) is 0 Å². The summed E-state index contributed by atoms with van der Waals surface area (Å²) in [6, 6.07) is 19.1. The van der Waals surface area contributed by atoms with Gasteiger partial charge in [0.2, 0.25) is 0 Å². The number of likely N-dealkylation sites (tertiary alicyclic amines) is 1. The van der Waals surface area contributed by atoms with Crippen molar-refractivity contribution >= 4 is 10.9 Å². The molecule has 2 N–H and O–H groups in total. The van der Waals surface area contributed by atoms with E-state index in [1.54, 1.807) is 0 Å². The van der Waals surface area contributed by atoms with E-state index in [9.17, 15) is 10.2 Å². The number of hydrogen-bond donors (Lipinski definition) is 2. The van der Waals surface area contributed by atoms with Crippen LogP contribution in [0.3, 0.4) is 0 Å². The predicted octanol–water partition coefficient (Wildman–Crippen LogP) is 3.45. The van der Waals surface area contributed by atoms with Crippen LogP contribution in [0.1, 0.15) is 24.5 Å². The van der Waals surface area contributed by atoms with Gasteiger partial charge in [0.05, 0.1) is 12.7 Å². The highest BCUT2D eigenvalue weighted by Crippen LogP contribution is 2.34. The Labute approximate surface area is 167 Å². The molecule has 28 heavy (non-hydrogen) atoms. The number of rotatable bonds is 6. The molecule has 0 spiro atoms. The number of aryl methyl sites for hydroxylation is 1. The molecule has 0 bridgehead atoms. The van der Waals surface area contributed by atoms with Crippen molar-refractivity contribution in [2.45, 2.75) is 39.0 Å². The lowest BCUT2D eigenvalue weighted by atomic mass is 9.73. The number of aromatic nitrogens is 1. The second-order valence-electron chi connectivity index (χ2n) is 8.19. The number of benzene rings is 2. The van der Waals surface area contributed by atoms with Gasteiger partial charge in [-0.1, -0.05) is 36.4 Å². The van der Waals surface area contributed by atoms with Gasteiger partial charge in [-0.05, 0) is 54.5 Å². The van der Waals surface area contributed by atoms with Gasteiger partial charge in [0.25, 0.3) is 0 Å². The maximum absolute atomic E-state index is 10.7. The van der Waals surface area contributed by atoms with Crippen LogP contribution in [-0.4, -0.2) is 45.5 Å². The smallest absolute Gasteiger partial charge is 0.0646 e. The zero-order valence-electron chi connectivity index (χ0n) is 16.6. The van der Waals surface area contributed by atoms with E-state index in [2.05, 4.69) is 59.0 Å². The Morgan fingerprint density at radius 2 is 1.89 bits per heavy atom. The molecule has 2 heterocycles. The summed E-state index contributed by atoms with van der Waals surface area (Å²) >= 11 is 0.